The summed E-state index contributed by atoms with van der Waals surface area (Å²) in [5.74, 6) is 0.646. The molecule has 0 spiro atoms. The SMILES string of the molecule is CCN(CC)CCc1nc(CC(C)C)c(CN)s1. The highest BCUT2D eigenvalue weighted by Crippen LogP contribution is 2.21. The Kier molecular flexibility index (Phi) is 6.82. The fourth-order valence-electron chi connectivity index (χ4n) is 2.04. The van der Waals surface area contributed by atoms with Gasteiger partial charge < -0.3 is 10.6 Å². The van der Waals surface area contributed by atoms with Gasteiger partial charge in [0, 0.05) is 24.4 Å². The summed E-state index contributed by atoms with van der Waals surface area (Å²) in [7, 11) is 0. The van der Waals surface area contributed by atoms with E-state index < -0.39 is 0 Å². The molecule has 2 N–H and O–H groups in total. The van der Waals surface area contributed by atoms with Crippen molar-refractivity contribution >= 4 is 11.3 Å². The van der Waals surface area contributed by atoms with E-state index in [1.165, 1.54) is 15.6 Å². The summed E-state index contributed by atoms with van der Waals surface area (Å²) < 4.78 is 0. The first kappa shape index (κ1) is 15.6. The zero-order valence-corrected chi connectivity index (χ0v) is 13.0. The predicted molar refractivity (Wildman–Crippen MR) is 80.0 cm³/mol. The lowest BCUT2D eigenvalue weighted by Gasteiger charge is -2.16. The lowest BCUT2D eigenvalue weighted by Crippen LogP contribution is -2.25. The highest BCUT2D eigenvalue weighted by atomic mass is 32.1. The molecule has 0 fully saturated rings. The molecule has 0 aliphatic heterocycles. The summed E-state index contributed by atoms with van der Waals surface area (Å²) >= 11 is 1.80. The lowest BCUT2D eigenvalue weighted by molar-refractivity contribution is 0.308. The molecule has 1 heterocycles. The number of nitrogens with zero attached hydrogens (tertiary/aromatic N) is 2. The first-order valence-corrected chi connectivity index (χ1v) is 7.82. The molecule has 0 saturated heterocycles. The summed E-state index contributed by atoms with van der Waals surface area (Å²) in [6.45, 7) is 12.8. The van der Waals surface area contributed by atoms with Gasteiger partial charge >= 0.3 is 0 Å². The summed E-state index contributed by atoms with van der Waals surface area (Å²) in [6, 6.07) is 0. The molecule has 0 unspecified atom stereocenters. The summed E-state index contributed by atoms with van der Waals surface area (Å²) in [6.07, 6.45) is 2.10. The largest absolute Gasteiger partial charge is 0.326 e. The maximum absolute atomic E-state index is 5.81. The fourth-order valence-corrected chi connectivity index (χ4v) is 3.01. The zero-order valence-electron chi connectivity index (χ0n) is 12.2. The van der Waals surface area contributed by atoms with E-state index in [9.17, 15) is 0 Å². The van der Waals surface area contributed by atoms with E-state index in [1.807, 2.05) is 0 Å². The lowest BCUT2D eigenvalue weighted by atomic mass is 10.1. The molecule has 3 nitrogen and oxygen atoms in total. The van der Waals surface area contributed by atoms with Crippen LogP contribution in [0.15, 0.2) is 0 Å². The van der Waals surface area contributed by atoms with Crippen molar-refractivity contribution in [2.24, 2.45) is 11.7 Å². The van der Waals surface area contributed by atoms with Crippen LogP contribution in [-0.4, -0.2) is 29.5 Å². The van der Waals surface area contributed by atoms with Crippen LogP contribution in [0.3, 0.4) is 0 Å². The van der Waals surface area contributed by atoms with Gasteiger partial charge in [-0.15, -0.1) is 11.3 Å². The summed E-state index contributed by atoms with van der Waals surface area (Å²) in [4.78, 5) is 8.49. The van der Waals surface area contributed by atoms with Crippen LogP contribution in [0.1, 0.15) is 43.3 Å². The molecule has 1 aromatic heterocycles. The molecule has 0 aromatic carbocycles. The van der Waals surface area contributed by atoms with Gasteiger partial charge in [-0.05, 0) is 25.4 Å². The van der Waals surface area contributed by atoms with Gasteiger partial charge in [0.2, 0.25) is 0 Å². The molecule has 1 aromatic rings. The Hall–Kier alpha value is -0.450. The van der Waals surface area contributed by atoms with Gasteiger partial charge in [-0.25, -0.2) is 4.98 Å². The van der Waals surface area contributed by atoms with Crippen LogP contribution in [0.2, 0.25) is 0 Å². The van der Waals surface area contributed by atoms with E-state index in [1.54, 1.807) is 11.3 Å². The third-order valence-electron chi connectivity index (χ3n) is 3.15. The first-order chi connectivity index (χ1) is 8.60. The molecule has 0 bridgehead atoms. The van der Waals surface area contributed by atoms with Gasteiger partial charge in [0.05, 0.1) is 10.7 Å². The predicted octanol–water partition coefficient (Wildman–Crippen LogP) is 2.68. The second kappa shape index (κ2) is 7.87. The Bertz CT molecular complexity index is 343. The molecule has 104 valence electrons. The van der Waals surface area contributed by atoms with Crippen LogP contribution >= 0.6 is 11.3 Å². The van der Waals surface area contributed by atoms with Crippen LogP contribution in [0.4, 0.5) is 0 Å². The number of aromatic nitrogens is 1. The summed E-state index contributed by atoms with van der Waals surface area (Å²) in [5, 5.41) is 1.25. The van der Waals surface area contributed by atoms with Gasteiger partial charge in [0.15, 0.2) is 0 Å². The van der Waals surface area contributed by atoms with E-state index in [-0.39, 0.29) is 0 Å². The number of rotatable bonds is 8. The standard InChI is InChI=1S/C14H27N3S/c1-5-17(6-2)8-7-14-16-12(9-11(3)4)13(10-15)18-14/h11H,5-10,15H2,1-4H3. The Morgan fingerprint density at radius 1 is 1.28 bits per heavy atom. The second-order valence-electron chi connectivity index (χ2n) is 5.06. The molecule has 0 aliphatic rings. The van der Waals surface area contributed by atoms with Crippen molar-refractivity contribution < 1.29 is 0 Å². The first-order valence-electron chi connectivity index (χ1n) is 7.00. The molecule has 1 rings (SSSR count). The van der Waals surface area contributed by atoms with Crippen LogP contribution in [0, 0.1) is 5.92 Å². The molecule has 18 heavy (non-hydrogen) atoms. The van der Waals surface area contributed by atoms with Crippen molar-refractivity contribution in [2.45, 2.75) is 47.1 Å². The maximum Gasteiger partial charge on any atom is 0.0944 e. The Morgan fingerprint density at radius 3 is 2.44 bits per heavy atom. The van der Waals surface area contributed by atoms with Crippen LogP contribution < -0.4 is 5.73 Å². The molecule has 0 saturated carbocycles. The normalized spacial score (nSPS) is 11.7. The molecular weight excluding hydrogens is 242 g/mol. The van der Waals surface area contributed by atoms with E-state index >= 15 is 0 Å². The van der Waals surface area contributed by atoms with Crippen molar-refractivity contribution in [3.05, 3.63) is 15.6 Å². The highest BCUT2D eigenvalue weighted by molar-refractivity contribution is 7.11. The van der Waals surface area contributed by atoms with Crippen LogP contribution in [0.5, 0.6) is 0 Å². The second-order valence-corrected chi connectivity index (χ2v) is 6.22. The average molecular weight is 269 g/mol. The molecule has 4 heteroatoms. The van der Waals surface area contributed by atoms with E-state index in [0.717, 1.165) is 32.5 Å². The fraction of sp³-hybridized carbons (Fsp3) is 0.786. The number of likely N-dealkylation sites (N-methyl/N-ethyl adjacent to an activating group) is 1. The van der Waals surface area contributed by atoms with Gasteiger partial charge in [-0.2, -0.15) is 0 Å². The third kappa shape index (κ3) is 4.67. The number of hydrogen-bond acceptors (Lipinski definition) is 4. The number of hydrogen-bond donors (Lipinski definition) is 1. The van der Waals surface area contributed by atoms with Gasteiger partial charge in [-0.3, -0.25) is 0 Å². The molecule has 0 amide bonds. The quantitative estimate of drug-likeness (QED) is 0.789. The maximum atomic E-state index is 5.81. The van der Waals surface area contributed by atoms with Crippen molar-refractivity contribution in [1.29, 1.82) is 0 Å². The minimum absolute atomic E-state index is 0.630. The third-order valence-corrected chi connectivity index (χ3v) is 4.33. The van der Waals surface area contributed by atoms with E-state index in [2.05, 4.69) is 32.6 Å². The molecular formula is C14H27N3S. The average Bonchev–Trinajstić information content (AvgIpc) is 2.72. The van der Waals surface area contributed by atoms with Gasteiger partial charge in [0.25, 0.3) is 0 Å². The smallest absolute Gasteiger partial charge is 0.0944 e. The summed E-state index contributed by atoms with van der Waals surface area (Å²) in [5.41, 5.74) is 7.04. The highest BCUT2D eigenvalue weighted by Gasteiger charge is 2.12. The van der Waals surface area contributed by atoms with Crippen LogP contribution in [0.25, 0.3) is 0 Å². The van der Waals surface area contributed by atoms with Gasteiger partial charge in [0.1, 0.15) is 0 Å². The van der Waals surface area contributed by atoms with Crippen molar-refractivity contribution in [3.63, 3.8) is 0 Å². The van der Waals surface area contributed by atoms with Crippen molar-refractivity contribution in [3.8, 4) is 0 Å². The van der Waals surface area contributed by atoms with E-state index in [4.69, 9.17) is 10.7 Å². The van der Waals surface area contributed by atoms with Crippen molar-refractivity contribution in [2.75, 3.05) is 19.6 Å². The monoisotopic (exact) mass is 269 g/mol. The Morgan fingerprint density at radius 2 is 1.94 bits per heavy atom. The number of thiazole rings is 1. The van der Waals surface area contributed by atoms with Gasteiger partial charge in [-0.1, -0.05) is 27.7 Å². The minimum Gasteiger partial charge on any atom is -0.326 e. The number of nitrogens with two attached hydrogens (primary N) is 1. The molecule has 0 radical (unpaired) electrons. The topological polar surface area (TPSA) is 42.2 Å². The molecule has 0 atom stereocenters. The van der Waals surface area contributed by atoms with Crippen LogP contribution in [-0.2, 0) is 19.4 Å². The Balaban J connectivity index is 2.63. The van der Waals surface area contributed by atoms with E-state index in [0.29, 0.717) is 12.5 Å². The zero-order chi connectivity index (χ0) is 13.5. The Labute approximate surface area is 115 Å². The minimum atomic E-state index is 0.630. The molecule has 0 aliphatic carbocycles. The van der Waals surface area contributed by atoms with Crippen molar-refractivity contribution in [1.82, 2.24) is 9.88 Å².